The molecule has 5 nitrogen and oxygen atoms in total. The van der Waals surface area contributed by atoms with Gasteiger partial charge in [0.1, 0.15) is 11.3 Å². The van der Waals surface area contributed by atoms with Gasteiger partial charge in [-0.05, 0) is 19.4 Å². The minimum Gasteiger partial charge on any atom is -0.477 e. The highest BCUT2D eigenvalue weighted by atomic mass is 32.1. The SMILES string of the molecule is CC1(C)OC[C@H](Cc2ccc(C(=S=O)C(=O)O)cc2)O1. The van der Waals surface area contributed by atoms with E-state index in [9.17, 15) is 9.00 Å². The molecular formula is C14H16O5S. The van der Waals surface area contributed by atoms with E-state index in [4.69, 9.17) is 14.6 Å². The molecule has 0 aliphatic carbocycles. The lowest BCUT2D eigenvalue weighted by Crippen LogP contribution is -2.22. The van der Waals surface area contributed by atoms with Crippen LogP contribution >= 0.6 is 0 Å². The number of hydrogen-bond acceptors (Lipinski definition) is 4. The molecule has 2 rings (SSSR count). The van der Waals surface area contributed by atoms with Gasteiger partial charge >= 0.3 is 5.97 Å². The summed E-state index contributed by atoms with van der Waals surface area (Å²) in [5, 5.41) is 8.89. The minimum absolute atomic E-state index is 0.00680. The Morgan fingerprint density at radius 2 is 2.05 bits per heavy atom. The maximum absolute atomic E-state index is 10.9. The van der Waals surface area contributed by atoms with E-state index in [1.165, 1.54) is 0 Å². The largest absolute Gasteiger partial charge is 0.477 e. The predicted octanol–water partition coefficient (Wildman–Crippen LogP) is 1.20. The van der Waals surface area contributed by atoms with Crippen LogP contribution < -0.4 is 0 Å². The lowest BCUT2D eigenvalue weighted by atomic mass is 10.0. The van der Waals surface area contributed by atoms with Gasteiger partial charge in [0, 0.05) is 12.0 Å². The van der Waals surface area contributed by atoms with Gasteiger partial charge in [-0.2, -0.15) is 0 Å². The number of hydrogen-bond donors (Lipinski definition) is 1. The summed E-state index contributed by atoms with van der Waals surface area (Å²) >= 11 is -0.00793. The standard InChI is InChI=1S/C14H16O5S/c1-14(2)18-8-11(19-14)7-9-3-5-10(6-4-9)12(20-17)13(15)16/h3-6,11H,7-8H2,1-2H3,(H,15,16)/t11-/m0/s1. The molecule has 0 radical (unpaired) electrons. The van der Waals surface area contributed by atoms with Crippen LogP contribution in [0.3, 0.4) is 0 Å². The molecule has 0 amide bonds. The van der Waals surface area contributed by atoms with Crippen LogP contribution in [0.1, 0.15) is 25.0 Å². The number of aliphatic carboxylic acids is 1. The Kier molecular flexibility index (Phi) is 4.37. The lowest BCUT2D eigenvalue weighted by Gasteiger charge is -2.17. The van der Waals surface area contributed by atoms with E-state index in [0.717, 1.165) is 5.56 Å². The summed E-state index contributed by atoms with van der Waals surface area (Å²) in [6.45, 7) is 4.28. The molecule has 1 saturated heterocycles. The number of carbonyl (C=O) groups is 1. The van der Waals surface area contributed by atoms with Crippen molar-refractivity contribution < 1.29 is 23.6 Å². The summed E-state index contributed by atoms with van der Waals surface area (Å²) < 4.78 is 22.0. The summed E-state index contributed by atoms with van der Waals surface area (Å²) in [6, 6.07) is 6.90. The maximum atomic E-state index is 10.9. The predicted molar refractivity (Wildman–Crippen MR) is 74.9 cm³/mol. The van der Waals surface area contributed by atoms with Gasteiger partial charge in [0.15, 0.2) is 10.7 Å². The monoisotopic (exact) mass is 296 g/mol. The molecule has 1 aromatic carbocycles. The van der Waals surface area contributed by atoms with Crippen molar-refractivity contribution in [2.75, 3.05) is 6.61 Å². The van der Waals surface area contributed by atoms with Crippen LogP contribution in [0.2, 0.25) is 0 Å². The first-order chi connectivity index (χ1) is 9.41. The molecule has 1 N–H and O–H groups in total. The van der Waals surface area contributed by atoms with Gasteiger partial charge in [-0.1, -0.05) is 24.3 Å². The van der Waals surface area contributed by atoms with Gasteiger partial charge in [-0.3, -0.25) is 0 Å². The molecule has 1 heterocycles. The van der Waals surface area contributed by atoms with Crippen molar-refractivity contribution in [2.45, 2.75) is 32.2 Å². The lowest BCUT2D eigenvalue weighted by molar-refractivity contribution is -0.138. The third kappa shape index (κ3) is 3.53. The van der Waals surface area contributed by atoms with E-state index < -0.39 is 11.8 Å². The van der Waals surface area contributed by atoms with Crippen LogP contribution in [0.4, 0.5) is 0 Å². The van der Waals surface area contributed by atoms with Gasteiger partial charge in [0.2, 0.25) is 0 Å². The molecule has 0 saturated carbocycles. The summed E-state index contributed by atoms with van der Waals surface area (Å²) in [4.78, 5) is 10.7. The first kappa shape index (κ1) is 14.9. The van der Waals surface area contributed by atoms with Crippen LogP contribution in [-0.4, -0.2) is 38.6 Å². The zero-order valence-electron chi connectivity index (χ0n) is 11.3. The minimum atomic E-state index is -1.20. The number of carboxylic acid groups (broad SMARTS) is 1. The highest BCUT2D eigenvalue weighted by Gasteiger charge is 2.32. The van der Waals surface area contributed by atoms with E-state index in [1.54, 1.807) is 12.1 Å². The maximum Gasteiger partial charge on any atom is 0.349 e. The van der Waals surface area contributed by atoms with Gasteiger partial charge in [-0.15, -0.1) is 0 Å². The molecule has 1 aromatic rings. The van der Waals surface area contributed by atoms with E-state index in [-0.39, 0.29) is 22.2 Å². The fourth-order valence-electron chi connectivity index (χ4n) is 2.13. The van der Waals surface area contributed by atoms with E-state index >= 15 is 0 Å². The zero-order chi connectivity index (χ0) is 14.8. The molecular weight excluding hydrogens is 280 g/mol. The molecule has 6 heteroatoms. The topological polar surface area (TPSA) is 72.8 Å². The Morgan fingerprint density at radius 3 is 2.50 bits per heavy atom. The molecule has 1 aliphatic rings. The second kappa shape index (κ2) is 5.87. The molecule has 1 aliphatic heterocycles. The van der Waals surface area contributed by atoms with Crippen LogP contribution in [0.25, 0.3) is 0 Å². The first-order valence-corrected chi connectivity index (χ1v) is 6.96. The highest BCUT2D eigenvalue weighted by Crippen LogP contribution is 2.24. The second-order valence-corrected chi connectivity index (χ2v) is 5.64. The molecule has 1 atom stereocenters. The molecule has 0 spiro atoms. The summed E-state index contributed by atoms with van der Waals surface area (Å²) in [5.74, 6) is -1.75. The van der Waals surface area contributed by atoms with Gasteiger partial charge < -0.3 is 14.6 Å². The van der Waals surface area contributed by atoms with Crippen molar-refractivity contribution in [3.63, 3.8) is 0 Å². The summed E-state index contributed by atoms with van der Waals surface area (Å²) in [6.07, 6.45) is 0.684. The van der Waals surface area contributed by atoms with Crippen LogP contribution in [-0.2, 0) is 31.9 Å². The summed E-state index contributed by atoms with van der Waals surface area (Å²) in [7, 11) is 0. The smallest absolute Gasteiger partial charge is 0.349 e. The number of rotatable bonds is 4. The first-order valence-electron chi connectivity index (χ1n) is 6.22. The number of ether oxygens (including phenoxy) is 2. The van der Waals surface area contributed by atoms with Crippen LogP contribution in [0.5, 0.6) is 0 Å². The fourth-order valence-corrected chi connectivity index (χ4v) is 2.43. The van der Waals surface area contributed by atoms with E-state index in [1.807, 2.05) is 26.0 Å². The van der Waals surface area contributed by atoms with E-state index in [0.29, 0.717) is 18.6 Å². The average Bonchev–Trinajstić information content (AvgIpc) is 2.71. The molecule has 20 heavy (non-hydrogen) atoms. The van der Waals surface area contributed by atoms with E-state index in [2.05, 4.69) is 0 Å². The Bertz CT molecular complexity index is 557. The Hall–Kier alpha value is -1.50. The molecule has 108 valence electrons. The van der Waals surface area contributed by atoms with Crippen molar-refractivity contribution in [1.29, 1.82) is 0 Å². The molecule has 0 aromatic heterocycles. The zero-order valence-corrected chi connectivity index (χ0v) is 12.1. The normalized spacial score (nSPS) is 20.6. The van der Waals surface area contributed by atoms with Crippen molar-refractivity contribution in [2.24, 2.45) is 0 Å². The Balaban J connectivity index is 2.06. The summed E-state index contributed by atoms with van der Waals surface area (Å²) in [5.41, 5.74) is 1.44. The van der Waals surface area contributed by atoms with Crippen LogP contribution in [0.15, 0.2) is 24.3 Å². The number of carboxylic acids is 1. The van der Waals surface area contributed by atoms with Crippen molar-refractivity contribution in [3.8, 4) is 0 Å². The van der Waals surface area contributed by atoms with Crippen LogP contribution in [0, 0.1) is 0 Å². The average molecular weight is 296 g/mol. The van der Waals surface area contributed by atoms with Crippen molar-refractivity contribution in [1.82, 2.24) is 0 Å². The number of benzene rings is 1. The van der Waals surface area contributed by atoms with Gasteiger partial charge in [-0.25, -0.2) is 9.00 Å². The molecule has 0 unspecified atom stereocenters. The Labute approximate surface area is 120 Å². The third-order valence-corrected chi connectivity index (χ3v) is 3.60. The molecule has 1 fully saturated rings. The second-order valence-electron chi connectivity index (χ2n) is 5.07. The quantitative estimate of drug-likeness (QED) is 0.667. The third-order valence-electron chi connectivity index (χ3n) is 3.02. The fraction of sp³-hybridized carbons (Fsp3) is 0.429. The van der Waals surface area contributed by atoms with Crippen molar-refractivity contribution >= 4 is 22.1 Å². The van der Waals surface area contributed by atoms with Gasteiger partial charge in [0.25, 0.3) is 0 Å². The Morgan fingerprint density at radius 1 is 1.40 bits per heavy atom. The van der Waals surface area contributed by atoms with Crippen molar-refractivity contribution in [3.05, 3.63) is 35.4 Å². The highest BCUT2D eigenvalue weighted by molar-refractivity contribution is 7.69. The van der Waals surface area contributed by atoms with Gasteiger partial charge in [0.05, 0.1) is 12.7 Å². The molecule has 0 bridgehead atoms.